The molecule has 0 bridgehead atoms. The van der Waals surface area contributed by atoms with E-state index in [2.05, 4.69) is 41.9 Å². The molecule has 1 aliphatic rings. The van der Waals surface area contributed by atoms with Gasteiger partial charge in [-0.1, -0.05) is 0 Å². The number of aromatic nitrogens is 2. The molecule has 0 fully saturated rings. The molecule has 14 N–H and O–H groups in total. The van der Waals surface area contributed by atoms with Crippen molar-refractivity contribution in [3.63, 3.8) is 0 Å². The number of fused-ring (bicyclic) bond motifs is 1. The third-order valence-electron chi connectivity index (χ3n) is 9.00. The number of anilines is 4. The number of benzene rings is 1. The first kappa shape index (κ1) is 47.6. The molecule has 0 spiro atoms. The number of hydrogen-bond acceptors (Lipinski definition) is 15. The van der Waals surface area contributed by atoms with Crippen molar-refractivity contribution in [1.29, 1.82) is 0 Å². The van der Waals surface area contributed by atoms with Gasteiger partial charge < -0.3 is 68.1 Å². The maximum Gasteiger partial charge on any atom is 0.326 e. The minimum atomic E-state index is -1.68. The first-order valence-electron chi connectivity index (χ1n) is 18.3. The van der Waals surface area contributed by atoms with Crippen LogP contribution >= 0.6 is 0 Å². The number of carboxylic acid groups (broad SMARTS) is 5. The number of amides is 5. The van der Waals surface area contributed by atoms with E-state index in [0.29, 0.717) is 12.1 Å². The monoisotopic (exact) mass is 860 g/mol. The lowest BCUT2D eigenvalue weighted by atomic mass is 10.1. The van der Waals surface area contributed by atoms with E-state index in [9.17, 15) is 68.1 Å². The Labute approximate surface area is 343 Å². The quantitative estimate of drug-likeness (QED) is 0.0452. The van der Waals surface area contributed by atoms with Gasteiger partial charge in [-0.2, -0.15) is 4.98 Å². The Morgan fingerprint density at radius 3 is 1.59 bits per heavy atom. The highest BCUT2D eigenvalue weighted by molar-refractivity contribution is 5.97. The van der Waals surface area contributed by atoms with E-state index >= 15 is 0 Å². The zero-order valence-corrected chi connectivity index (χ0v) is 32.0. The SMILES string of the molecule is Nc1nc2c(c(=O)[nH]1)N(C=O)[C@@H](CNc1ccc(C(=O)N[C@@H](CCC(=O)N[C@@H](CCC(=O)N[C@@H](CCC(=O)N[C@@H](CCC(=O)O)C(=O)O)C(=O)O)C(=O)O)C(=O)O)cc1)CN2. The number of hydrogen-bond donors (Lipinski definition) is 13. The lowest BCUT2D eigenvalue weighted by molar-refractivity contribution is -0.144. The summed E-state index contributed by atoms with van der Waals surface area (Å²) < 4.78 is 0. The first-order chi connectivity index (χ1) is 28.8. The second-order valence-corrected chi connectivity index (χ2v) is 13.4. The summed E-state index contributed by atoms with van der Waals surface area (Å²) in [6.45, 7) is 0.381. The molecule has 0 radical (unpaired) electrons. The number of carbonyl (C=O) groups excluding carboxylic acids is 5. The molecule has 26 heteroatoms. The summed E-state index contributed by atoms with van der Waals surface area (Å²) in [7, 11) is 0. The molecule has 1 aliphatic heterocycles. The van der Waals surface area contributed by atoms with Crippen LogP contribution in [0.4, 0.5) is 23.1 Å². The predicted octanol–water partition coefficient (Wildman–Crippen LogP) is -2.68. The highest BCUT2D eigenvalue weighted by Gasteiger charge is 2.31. The third-order valence-corrected chi connectivity index (χ3v) is 9.00. The van der Waals surface area contributed by atoms with Gasteiger partial charge in [0.05, 0.1) is 6.04 Å². The van der Waals surface area contributed by atoms with Crippen LogP contribution in [0, 0.1) is 0 Å². The predicted molar refractivity (Wildman–Crippen MR) is 207 cm³/mol. The van der Waals surface area contributed by atoms with E-state index in [1.54, 1.807) is 0 Å². The number of carbonyl (C=O) groups is 10. The second kappa shape index (κ2) is 22.4. The van der Waals surface area contributed by atoms with Crippen LogP contribution < -0.4 is 48.1 Å². The minimum Gasteiger partial charge on any atom is -0.481 e. The van der Waals surface area contributed by atoms with Crippen molar-refractivity contribution in [2.45, 2.75) is 81.6 Å². The van der Waals surface area contributed by atoms with Crippen LogP contribution in [-0.4, -0.2) is 139 Å². The van der Waals surface area contributed by atoms with E-state index in [4.69, 9.17) is 15.9 Å². The van der Waals surface area contributed by atoms with Gasteiger partial charge in [-0.15, -0.1) is 0 Å². The number of aliphatic carboxylic acids is 5. The molecule has 0 saturated carbocycles. The van der Waals surface area contributed by atoms with Gasteiger partial charge in [0, 0.05) is 50.0 Å². The maximum absolute atomic E-state index is 12.9. The number of rotatable bonds is 25. The molecule has 5 amide bonds. The van der Waals surface area contributed by atoms with Crippen LogP contribution in [-0.2, 0) is 43.2 Å². The molecule has 3 rings (SSSR count). The van der Waals surface area contributed by atoms with E-state index in [-0.39, 0.29) is 36.1 Å². The lowest BCUT2D eigenvalue weighted by Gasteiger charge is -2.34. The molecule has 5 atom stereocenters. The van der Waals surface area contributed by atoms with Crippen LogP contribution in [0.3, 0.4) is 0 Å². The fourth-order valence-electron chi connectivity index (χ4n) is 5.79. The van der Waals surface area contributed by atoms with E-state index in [0.717, 1.165) is 0 Å². The van der Waals surface area contributed by atoms with E-state index in [1.807, 2.05) is 0 Å². The topological polar surface area (TPSA) is 419 Å². The van der Waals surface area contributed by atoms with Crippen molar-refractivity contribution < 1.29 is 73.5 Å². The van der Waals surface area contributed by atoms with Gasteiger partial charge in [0.2, 0.25) is 30.1 Å². The summed E-state index contributed by atoms with van der Waals surface area (Å²) in [6.07, 6.45) is -3.83. The fourth-order valence-corrected chi connectivity index (χ4v) is 5.79. The third kappa shape index (κ3) is 14.8. The van der Waals surface area contributed by atoms with Crippen molar-refractivity contribution >= 4 is 83.0 Å². The highest BCUT2D eigenvalue weighted by atomic mass is 16.4. The maximum atomic E-state index is 12.9. The van der Waals surface area contributed by atoms with Gasteiger partial charge in [0.15, 0.2) is 11.5 Å². The van der Waals surface area contributed by atoms with Crippen molar-refractivity contribution in [2.75, 3.05) is 34.4 Å². The Kier molecular flexibility index (Phi) is 17.5. The number of nitrogens with one attached hydrogen (secondary N) is 7. The molecule has 2 aromatic rings. The number of carboxylic acids is 5. The molecule has 0 unspecified atom stereocenters. The Balaban J connectivity index is 1.47. The van der Waals surface area contributed by atoms with E-state index in [1.165, 1.54) is 29.2 Å². The van der Waals surface area contributed by atoms with Gasteiger partial charge in [-0.05, 0) is 49.9 Å². The Hall–Kier alpha value is -7.80. The van der Waals surface area contributed by atoms with Crippen LogP contribution in [0.1, 0.15) is 61.7 Å². The molecule has 26 nitrogen and oxygen atoms in total. The molecule has 1 aromatic carbocycles. The van der Waals surface area contributed by atoms with Gasteiger partial charge in [0.1, 0.15) is 24.2 Å². The smallest absolute Gasteiger partial charge is 0.326 e. The van der Waals surface area contributed by atoms with Crippen LogP contribution in [0.5, 0.6) is 0 Å². The van der Waals surface area contributed by atoms with Crippen molar-refractivity contribution in [1.82, 2.24) is 31.2 Å². The van der Waals surface area contributed by atoms with Crippen molar-refractivity contribution in [3.05, 3.63) is 40.2 Å². The average molecular weight is 861 g/mol. The van der Waals surface area contributed by atoms with Crippen molar-refractivity contribution in [2.24, 2.45) is 0 Å². The molecule has 1 aromatic heterocycles. The molecule has 61 heavy (non-hydrogen) atoms. The average Bonchev–Trinajstić information content (AvgIpc) is 3.19. The number of nitrogen functional groups attached to an aromatic ring is 1. The van der Waals surface area contributed by atoms with Crippen LogP contribution in [0.15, 0.2) is 29.1 Å². The highest BCUT2D eigenvalue weighted by Crippen LogP contribution is 2.25. The summed E-state index contributed by atoms with van der Waals surface area (Å²) in [6, 6.07) is -1.27. The Morgan fingerprint density at radius 2 is 1.16 bits per heavy atom. The Bertz CT molecular complexity index is 2060. The number of nitrogens with zero attached hydrogens (tertiary/aromatic N) is 2. The van der Waals surface area contributed by atoms with Crippen LogP contribution in [0.25, 0.3) is 0 Å². The number of nitrogens with two attached hydrogens (primary N) is 1. The number of H-pyrrole nitrogens is 1. The first-order valence-corrected chi connectivity index (χ1v) is 18.3. The molecular weight excluding hydrogens is 816 g/mol. The summed E-state index contributed by atoms with van der Waals surface area (Å²) in [5, 5.41) is 61.2. The molecule has 330 valence electrons. The largest absolute Gasteiger partial charge is 0.481 e. The standard InChI is InChI=1S/C35H44N10O16/c36-35-43-28-27(30(53)44-35)45(15-46)18(14-38-28)13-37-17-3-1-16(2-4-17)29(52)42-22(34(60)61)7-11-25(49)40-20(32(56)57)5-9-23(47)39-19(31(54)55)6-10-24(48)41-21(33(58)59)8-12-26(50)51/h1-4,15,18-22,37H,5-14H2,(H,39,47)(H,40,49)(H,41,48)(H,42,52)(H,50,51)(H,54,55)(H,56,57)(H,58,59)(H,60,61)(H4,36,38,43,44,53)/t18-,19-,20-,21-,22-/m0/s1. The van der Waals surface area contributed by atoms with Gasteiger partial charge in [-0.3, -0.25) is 38.5 Å². The summed E-state index contributed by atoms with van der Waals surface area (Å²) in [4.78, 5) is 139. The van der Waals surface area contributed by atoms with Gasteiger partial charge >= 0.3 is 29.8 Å². The summed E-state index contributed by atoms with van der Waals surface area (Å²) >= 11 is 0. The molecule has 2 heterocycles. The molecule has 0 saturated heterocycles. The zero-order valence-electron chi connectivity index (χ0n) is 32.0. The molecular formula is C35H44N10O16. The lowest BCUT2D eigenvalue weighted by Crippen LogP contribution is -2.50. The van der Waals surface area contributed by atoms with Gasteiger partial charge in [0.25, 0.3) is 11.5 Å². The fraction of sp³-hybridized carbons (Fsp3) is 0.429. The number of aromatic amines is 1. The van der Waals surface area contributed by atoms with Crippen LogP contribution in [0.2, 0.25) is 0 Å². The normalized spacial score (nSPS) is 14.9. The minimum absolute atomic E-state index is 0.00993. The second-order valence-electron chi connectivity index (χ2n) is 13.4. The Morgan fingerprint density at radius 1 is 0.721 bits per heavy atom. The van der Waals surface area contributed by atoms with Gasteiger partial charge in [-0.25, -0.2) is 19.2 Å². The summed E-state index contributed by atoms with van der Waals surface area (Å²) in [5.74, 6) is -11.1. The molecule has 0 aliphatic carbocycles. The van der Waals surface area contributed by atoms with Crippen molar-refractivity contribution in [3.8, 4) is 0 Å². The van der Waals surface area contributed by atoms with E-state index < -0.39 is 141 Å². The summed E-state index contributed by atoms with van der Waals surface area (Å²) in [5.41, 5.74) is 5.48. The zero-order chi connectivity index (χ0) is 45.4.